The first-order valence-corrected chi connectivity index (χ1v) is 9.99. The van der Waals surface area contributed by atoms with Crippen molar-refractivity contribution in [2.75, 3.05) is 10.0 Å². The van der Waals surface area contributed by atoms with Crippen molar-refractivity contribution >= 4 is 43.9 Å². The van der Waals surface area contributed by atoms with Crippen molar-refractivity contribution in [1.82, 2.24) is 10.2 Å². The Bertz CT molecular complexity index is 1090. The van der Waals surface area contributed by atoms with E-state index in [-0.39, 0.29) is 32.4 Å². The molecule has 27 heavy (non-hydrogen) atoms. The second-order valence-electron chi connectivity index (χ2n) is 5.40. The van der Waals surface area contributed by atoms with Crippen LogP contribution in [0.1, 0.15) is 22.8 Å². The minimum atomic E-state index is -4.08. The highest BCUT2D eigenvalue weighted by atomic mass is 32.2. The molecular formula is C17H14N4O4S2. The second kappa shape index (κ2) is 7.64. The van der Waals surface area contributed by atoms with E-state index in [2.05, 4.69) is 20.2 Å². The van der Waals surface area contributed by atoms with Gasteiger partial charge < -0.3 is 5.32 Å². The summed E-state index contributed by atoms with van der Waals surface area (Å²) in [6.45, 7) is 1.28. The van der Waals surface area contributed by atoms with Gasteiger partial charge in [0.15, 0.2) is 5.78 Å². The first kappa shape index (κ1) is 18.7. The third-order valence-corrected chi connectivity index (χ3v) is 5.94. The number of anilines is 2. The summed E-state index contributed by atoms with van der Waals surface area (Å²) in [5, 5.41) is 9.65. The molecule has 1 heterocycles. The number of para-hydroxylation sites is 1. The highest BCUT2D eigenvalue weighted by molar-refractivity contribution is 7.94. The summed E-state index contributed by atoms with van der Waals surface area (Å²) in [6, 6.07) is 14.8. The summed E-state index contributed by atoms with van der Waals surface area (Å²) in [4.78, 5) is 23.7. The van der Waals surface area contributed by atoms with E-state index in [4.69, 9.17) is 0 Å². The van der Waals surface area contributed by atoms with Crippen molar-refractivity contribution in [3.05, 3.63) is 65.7 Å². The standard InChI is InChI=1S/C17H14N4O4S2/c1-11(22)18-16-19-20-17(26-16)27(24,25)21-14-10-6-5-9-13(14)15(23)12-7-3-2-4-8-12/h2-10,21H,1H3,(H,18,19,22). The topological polar surface area (TPSA) is 118 Å². The fraction of sp³-hybridized carbons (Fsp3) is 0.0588. The van der Waals surface area contributed by atoms with E-state index in [0.717, 1.165) is 0 Å². The van der Waals surface area contributed by atoms with Crippen LogP contribution in [-0.4, -0.2) is 30.3 Å². The summed E-state index contributed by atoms with van der Waals surface area (Å²) < 4.78 is 27.2. The SMILES string of the molecule is CC(=O)Nc1nnc(S(=O)(=O)Nc2ccccc2C(=O)c2ccccc2)s1. The zero-order valence-electron chi connectivity index (χ0n) is 14.0. The third-order valence-electron chi connectivity index (χ3n) is 3.37. The van der Waals surface area contributed by atoms with Crippen LogP contribution in [0.2, 0.25) is 0 Å². The number of nitrogens with one attached hydrogen (secondary N) is 2. The minimum absolute atomic E-state index is 0.0662. The predicted octanol–water partition coefficient (Wildman–Crippen LogP) is 2.53. The summed E-state index contributed by atoms with van der Waals surface area (Å²) >= 11 is 0.708. The van der Waals surface area contributed by atoms with Crippen LogP contribution in [0.15, 0.2) is 58.9 Å². The van der Waals surface area contributed by atoms with E-state index in [1.54, 1.807) is 42.5 Å². The van der Waals surface area contributed by atoms with Gasteiger partial charge in [-0.15, -0.1) is 10.2 Å². The summed E-state index contributed by atoms with van der Waals surface area (Å²) in [7, 11) is -4.08. The van der Waals surface area contributed by atoms with Crippen molar-refractivity contribution in [1.29, 1.82) is 0 Å². The van der Waals surface area contributed by atoms with Crippen molar-refractivity contribution in [2.45, 2.75) is 11.3 Å². The maximum absolute atomic E-state index is 12.7. The Hall–Kier alpha value is -3.11. The van der Waals surface area contributed by atoms with Gasteiger partial charge in [0.05, 0.1) is 5.69 Å². The Labute approximate surface area is 159 Å². The molecule has 0 bridgehead atoms. The second-order valence-corrected chi connectivity index (χ2v) is 8.23. The average molecular weight is 402 g/mol. The average Bonchev–Trinajstić information content (AvgIpc) is 3.11. The van der Waals surface area contributed by atoms with Crippen LogP contribution in [0.4, 0.5) is 10.8 Å². The molecule has 0 aliphatic heterocycles. The lowest BCUT2D eigenvalue weighted by Crippen LogP contribution is -2.15. The van der Waals surface area contributed by atoms with Gasteiger partial charge in [-0.1, -0.05) is 53.8 Å². The van der Waals surface area contributed by atoms with Crippen LogP contribution in [0, 0.1) is 0 Å². The van der Waals surface area contributed by atoms with E-state index in [1.165, 1.54) is 19.1 Å². The summed E-state index contributed by atoms with van der Waals surface area (Å²) in [6.07, 6.45) is 0. The van der Waals surface area contributed by atoms with Crippen molar-refractivity contribution < 1.29 is 18.0 Å². The molecule has 0 unspecified atom stereocenters. The molecule has 0 saturated carbocycles. The Kier molecular flexibility index (Phi) is 5.28. The zero-order chi connectivity index (χ0) is 19.4. The van der Waals surface area contributed by atoms with Gasteiger partial charge in [0, 0.05) is 18.1 Å². The molecule has 0 atom stereocenters. The molecule has 138 valence electrons. The molecule has 0 aliphatic rings. The van der Waals surface area contributed by atoms with Crippen LogP contribution in [0.5, 0.6) is 0 Å². The van der Waals surface area contributed by atoms with E-state index >= 15 is 0 Å². The number of aromatic nitrogens is 2. The minimum Gasteiger partial charge on any atom is -0.301 e. The number of benzene rings is 2. The monoisotopic (exact) mass is 402 g/mol. The molecule has 2 aromatic carbocycles. The lowest BCUT2D eigenvalue weighted by Gasteiger charge is -2.10. The highest BCUT2D eigenvalue weighted by Gasteiger charge is 2.23. The van der Waals surface area contributed by atoms with Crippen molar-refractivity contribution in [3.63, 3.8) is 0 Å². The van der Waals surface area contributed by atoms with Crippen LogP contribution >= 0.6 is 11.3 Å². The fourth-order valence-corrected chi connectivity index (χ4v) is 4.25. The maximum Gasteiger partial charge on any atom is 0.291 e. The van der Waals surface area contributed by atoms with Gasteiger partial charge in [0.2, 0.25) is 11.0 Å². The van der Waals surface area contributed by atoms with E-state index in [9.17, 15) is 18.0 Å². The van der Waals surface area contributed by atoms with Crippen molar-refractivity contribution in [2.24, 2.45) is 0 Å². The first-order chi connectivity index (χ1) is 12.9. The fourth-order valence-electron chi connectivity index (χ4n) is 2.22. The highest BCUT2D eigenvalue weighted by Crippen LogP contribution is 2.25. The molecule has 10 heteroatoms. The molecule has 0 radical (unpaired) electrons. The molecule has 0 saturated heterocycles. The van der Waals surface area contributed by atoms with Crippen LogP contribution in [0.3, 0.4) is 0 Å². The molecule has 0 aliphatic carbocycles. The predicted molar refractivity (Wildman–Crippen MR) is 101 cm³/mol. The smallest absolute Gasteiger partial charge is 0.291 e. The normalized spacial score (nSPS) is 11.0. The number of carbonyl (C=O) groups is 2. The van der Waals surface area contributed by atoms with Gasteiger partial charge in [-0.3, -0.25) is 14.3 Å². The van der Waals surface area contributed by atoms with Crippen LogP contribution in [-0.2, 0) is 14.8 Å². The number of nitrogens with zero attached hydrogens (tertiary/aromatic N) is 2. The Balaban J connectivity index is 1.90. The lowest BCUT2D eigenvalue weighted by molar-refractivity contribution is -0.114. The van der Waals surface area contributed by atoms with Gasteiger partial charge >= 0.3 is 0 Å². The third kappa shape index (κ3) is 4.36. The van der Waals surface area contributed by atoms with E-state index < -0.39 is 10.0 Å². The molecular weight excluding hydrogens is 388 g/mol. The number of carbonyl (C=O) groups excluding carboxylic acids is 2. The van der Waals surface area contributed by atoms with Gasteiger partial charge in [-0.05, 0) is 12.1 Å². The molecule has 1 amide bonds. The molecule has 0 spiro atoms. The first-order valence-electron chi connectivity index (χ1n) is 7.69. The Morgan fingerprint density at radius 1 is 0.963 bits per heavy atom. The molecule has 0 fully saturated rings. The van der Waals surface area contributed by atoms with Gasteiger partial charge in [-0.2, -0.15) is 8.42 Å². The zero-order valence-corrected chi connectivity index (χ0v) is 15.7. The van der Waals surface area contributed by atoms with E-state index in [0.29, 0.717) is 16.9 Å². The van der Waals surface area contributed by atoms with Gasteiger partial charge in [0.25, 0.3) is 14.4 Å². The molecule has 8 nitrogen and oxygen atoms in total. The molecule has 3 rings (SSSR count). The quantitative estimate of drug-likeness (QED) is 0.483. The number of amides is 1. The maximum atomic E-state index is 12.7. The summed E-state index contributed by atoms with van der Waals surface area (Å²) in [5.74, 6) is -0.702. The molecule has 2 N–H and O–H groups in total. The molecule has 3 aromatic rings. The number of hydrogen-bond donors (Lipinski definition) is 2. The van der Waals surface area contributed by atoms with Crippen LogP contribution in [0.25, 0.3) is 0 Å². The number of hydrogen-bond acceptors (Lipinski definition) is 7. The van der Waals surface area contributed by atoms with E-state index in [1.807, 2.05) is 0 Å². The lowest BCUT2D eigenvalue weighted by atomic mass is 10.0. The molecule has 1 aromatic heterocycles. The number of ketones is 1. The Morgan fingerprint density at radius 3 is 2.33 bits per heavy atom. The summed E-state index contributed by atoms with van der Waals surface area (Å²) in [5.41, 5.74) is 0.773. The Morgan fingerprint density at radius 2 is 1.63 bits per heavy atom. The number of sulfonamides is 1. The van der Waals surface area contributed by atoms with Crippen LogP contribution < -0.4 is 10.0 Å². The van der Waals surface area contributed by atoms with Gasteiger partial charge in [0.1, 0.15) is 0 Å². The van der Waals surface area contributed by atoms with Gasteiger partial charge in [-0.25, -0.2) is 0 Å². The number of rotatable bonds is 6. The largest absolute Gasteiger partial charge is 0.301 e. The van der Waals surface area contributed by atoms with Crippen molar-refractivity contribution in [3.8, 4) is 0 Å².